The van der Waals surface area contributed by atoms with Gasteiger partial charge in [-0.25, -0.2) is 4.98 Å². The minimum Gasteiger partial charge on any atom is -0.383 e. The Hall–Kier alpha value is -3.42. The van der Waals surface area contributed by atoms with Crippen molar-refractivity contribution in [2.24, 2.45) is 5.92 Å². The first-order valence-electron chi connectivity index (χ1n) is 12.4. The van der Waals surface area contributed by atoms with E-state index in [0.29, 0.717) is 29.2 Å². The molecule has 0 aliphatic carbocycles. The number of carbonyl (C=O) groups excluding carboxylic acids is 3. The van der Waals surface area contributed by atoms with Crippen LogP contribution in [0, 0.1) is 12.8 Å². The Kier molecular flexibility index (Phi) is 7.38. The standard InChI is InChI=1S/C27H35N5O3/c1-17-7-8-24(22-6-4-5-21(14-22)20-9-11-31(12-10-20)19(3)34)32(15-17)27-23(29-25(35)16-33)13-18(2)26(28)30-27/h4-6,13-14,16-17,20,24H,7-12,15H2,1-3H3,(H2,28,30)(H,29,35). The molecule has 35 heavy (non-hydrogen) atoms. The molecule has 2 aliphatic rings. The lowest BCUT2D eigenvalue weighted by molar-refractivity contribution is -0.129. The number of anilines is 3. The summed E-state index contributed by atoms with van der Waals surface area (Å²) in [5.41, 5.74) is 9.94. The Balaban J connectivity index is 1.66. The topological polar surface area (TPSA) is 109 Å². The fourth-order valence-electron chi connectivity index (χ4n) is 5.37. The lowest BCUT2D eigenvalue weighted by atomic mass is 9.85. The van der Waals surface area contributed by atoms with Crippen LogP contribution >= 0.6 is 0 Å². The third-order valence-electron chi connectivity index (χ3n) is 7.39. The van der Waals surface area contributed by atoms with Gasteiger partial charge in [-0.3, -0.25) is 14.4 Å². The predicted molar refractivity (Wildman–Crippen MR) is 137 cm³/mol. The van der Waals surface area contributed by atoms with Crippen molar-refractivity contribution >= 4 is 35.4 Å². The van der Waals surface area contributed by atoms with Gasteiger partial charge in [0, 0.05) is 26.6 Å². The van der Waals surface area contributed by atoms with Gasteiger partial charge in [0.05, 0.1) is 11.7 Å². The molecule has 2 amide bonds. The second-order valence-corrected chi connectivity index (χ2v) is 9.97. The van der Waals surface area contributed by atoms with Crippen LogP contribution in [0.25, 0.3) is 0 Å². The van der Waals surface area contributed by atoms with Crippen molar-refractivity contribution in [1.29, 1.82) is 0 Å². The van der Waals surface area contributed by atoms with E-state index in [1.807, 2.05) is 11.8 Å². The third kappa shape index (κ3) is 5.47. The number of likely N-dealkylation sites (tertiary alicyclic amines) is 1. The molecule has 0 radical (unpaired) electrons. The van der Waals surface area contributed by atoms with E-state index in [4.69, 9.17) is 5.73 Å². The molecule has 3 heterocycles. The first-order chi connectivity index (χ1) is 16.8. The number of aromatic nitrogens is 1. The van der Waals surface area contributed by atoms with E-state index in [-0.39, 0.29) is 18.2 Å². The molecular weight excluding hydrogens is 442 g/mol. The van der Waals surface area contributed by atoms with Crippen molar-refractivity contribution in [3.8, 4) is 0 Å². The summed E-state index contributed by atoms with van der Waals surface area (Å²) in [5.74, 6) is 1.32. The van der Waals surface area contributed by atoms with E-state index in [2.05, 4.69) is 46.4 Å². The highest BCUT2D eigenvalue weighted by Crippen LogP contribution is 2.41. The minimum atomic E-state index is -0.710. The molecule has 0 bridgehead atoms. The maximum Gasteiger partial charge on any atom is 0.288 e. The molecule has 2 unspecified atom stereocenters. The molecule has 2 aliphatic heterocycles. The van der Waals surface area contributed by atoms with Gasteiger partial charge in [-0.1, -0.05) is 31.2 Å². The number of carbonyl (C=O) groups is 3. The minimum absolute atomic E-state index is 0.0740. The number of rotatable bonds is 5. The molecule has 3 N–H and O–H groups in total. The average molecular weight is 478 g/mol. The zero-order valence-electron chi connectivity index (χ0n) is 20.8. The predicted octanol–water partition coefficient (Wildman–Crippen LogP) is 3.81. The number of benzene rings is 1. The Morgan fingerprint density at radius 3 is 2.51 bits per heavy atom. The van der Waals surface area contributed by atoms with Gasteiger partial charge in [0.1, 0.15) is 5.82 Å². The number of nitrogens with one attached hydrogen (secondary N) is 1. The first kappa shape index (κ1) is 24.7. The fraction of sp³-hybridized carbons (Fsp3) is 0.481. The van der Waals surface area contributed by atoms with Crippen LogP contribution in [0.15, 0.2) is 30.3 Å². The summed E-state index contributed by atoms with van der Waals surface area (Å²) in [7, 11) is 0. The number of nitrogens with two attached hydrogens (primary N) is 1. The van der Waals surface area contributed by atoms with E-state index in [1.54, 1.807) is 13.0 Å². The number of nitrogens with zero attached hydrogens (tertiary/aromatic N) is 3. The molecular formula is C27H35N5O3. The first-order valence-corrected chi connectivity index (χ1v) is 12.4. The van der Waals surface area contributed by atoms with E-state index < -0.39 is 5.91 Å². The maximum atomic E-state index is 11.9. The van der Waals surface area contributed by atoms with Crippen molar-refractivity contribution in [2.75, 3.05) is 35.6 Å². The van der Waals surface area contributed by atoms with E-state index in [0.717, 1.165) is 50.9 Å². The third-order valence-corrected chi connectivity index (χ3v) is 7.39. The van der Waals surface area contributed by atoms with Crippen molar-refractivity contribution in [3.63, 3.8) is 0 Å². The smallest absolute Gasteiger partial charge is 0.288 e. The lowest BCUT2D eigenvalue weighted by Crippen LogP contribution is -2.39. The lowest BCUT2D eigenvalue weighted by Gasteiger charge is -2.41. The highest BCUT2D eigenvalue weighted by atomic mass is 16.2. The normalized spacial score (nSPS) is 21.0. The van der Waals surface area contributed by atoms with E-state index >= 15 is 0 Å². The summed E-state index contributed by atoms with van der Waals surface area (Å²) in [6.45, 7) is 8.04. The maximum absolute atomic E-state index is 11.9. The highest BCUT2D eigenvalue weighted by Gasteiger charge is 2.31. The second-order valence-electron chi connectivity index (χ2n) is 9.97. The summed E-state index contributed by atoms with van der Waals surface area (Å²) in [6.07, 6.45) is 4.23. The van der Waals surface area contributed by atoms with Crippen LogP contribution in [0.3, 0.4) is 0 Å². The van der Waals surface area contributed by atoms with Crippen molar-refractivity contribution in [2.45, 2.75) is 58.4 Å². The molecule has 186 valence electrons. The molecule has 0 spiro atoms. The molecule has 8 heteroatoms. The summed E-state index contributed by atoms with van der Waals surface area (Å²) < 4.78 is 0. The van der Waals surface area contributed by atoms with Gasteiger partial charge in [0.25, 0.3) is 5.91 Å². The zero-order chi connectivity index (χ0) is 25.1. The molecule has 2 saturated heterocycles. The van der Waals surface area contributed by atoms with Gasteiger partial charge in [-0.2, -0.15) is 0 Å². The van der Waals surface area contributed by atoms with Crippen LogP contribution in [0.5, 0.6) is 0 Å². The number of amides is 2. The number of aldehydes is 1. The van der Waals surface area contributed by atoms with Gasteiger partial charge < -0.3 is 20.9 Å². The van der Waals surface area contributed by atoms with Crippen LogP contribution in [0.1, 0.15) is 68.2 Å². The Bertz CT molecular complexity index is 1110. The second kappa shape index (κ2) is 10.5. The average Bonchev–Trinajstić information content (AvgIpc) is 2.86. The number of pyridine rings is 1. The molecule has 1 aromatic carbocycles. The van der Waals surface area contributed by atoms with Gasteiger partial charge in [0.15, 0.2) is 5.82 Å². The number of aryl methyl sites for hydroxylation is 1. The number of nitrogen functional groups attached to an aromatic ring is 1. The Labute approximate surface area is 206 Å². The van der Waals surface area contributed by atoms with Gasteiger partial charge in [-0.05, 0) is 67.2 Å². The SMILES string of the molecule is CC(=O)N1CCC(c2cccc(C3CCC(C)CN3c3nc(N)c(C)cc3NC(=O)C=O)c2)CC1. The largest absolute Gasteiger partial charge is 0.383 e. The number of piperidine rings is 2. The summed E-state index contributed by atoms with van der Waals surface area (Å²) in [4.78, 5) is 43.5. The molecule has 0 saturated carbocycles. The van der Waals surface area contributed by atoms with Crippen molar-refractivity contribution < 1.29 is 14.4 Å². The van der Waals surface area contributed by atoms with E-state index in [1.165, 1.54) is 11.1 Å². The van der Waals surface area contributed by atoms with Crippen LogP contribution in [0.2, 0.25) is 0 Å². The monoisotopic (exact) mass is 477 g/mol. The summed E-state index contributed by atoms with van der Waals surface area (Å²) in [6, 6.07) is 10.6. The summed E-state index contributed by atoms with van der Waals surface area (Å²) in [5, 5.41) is 2.69. The quantitative estimate of drug-likeness (QED) is 0.501. The summed E-state index contributed by atoms with van der Waals surface area (Å²) >= 11 is 0. The van der Waals surface area contributed by atoms with Gasteiger partial charge in [0.2, 0.25) is 12.2 Å². The molecule has 2 aromatic rings. The van der Waals surface area contributed by atoms with Crippen LogP contribution in [0.4, 0.5) is 17.3 Å². The van der Waals surface area contributed by atoms with Crippen LogP contribution in [-0.4, -0.2) is 47.6 Å². The van der Waals surface area contributed by atoms with Crippen LogP contribution < -0.4 is 16.0 Å². The Morgan fingerprint density at radius 1 is 1.11 bits per heavy atom. The van der Waals surface area contributed by atoms with Crippen molar-refractivity contribution in [1.82, 2.24) is 9.88 Å². The molecule has 4 rings (SSSR count). The van der Waals surface area contributed by atoms with Gasteiger partial charge >= 0.3 is 0 Å². The van der Waals surface area contributed by atoms with Crippen molar-refractivity contribution in [3.05, 3.63) is 47.0 Å². The Morgan fingerprint density at radius 2 is 1.83 bits per heavy atom. The van der Waals surface area contributed by atoms with E-state index in [9.17, 15) is 14.4 Å². The molecule has 8 nitrogen and oxygen atoms in total. The van der Waals surface area contributed by atoms with Crippen LogP contribution in [-0.2, 0) is 14.4 Å². The highest BCUT2D eigenvalue weighted by molar-refractivity contribution is 6.29. The fourth-order valence-corrected chi connectivity index (χ4v) is 5.37. The number of hydrogen-bond acceptors (Lipinski definition) is 6. The van der Waals surface area contributed by atoms with Gasteiger partial charge in [-0.15, -0.1) is 0 Å². The molecule has 1 aromatic heterocycles. The number of hydrogen-bond donors (Lipinski definition) is 2. The molecule has 2 fully saturated rings. The zero-order valence-corrected chi connectivity index (χ0v) is 20.8. The molecule has 2 atom stereocenters.